The lowest BCUT2D eigenvalue weighted by Crippen LogP contribution is -2.22. The smallest absolute Gasteiger partial charge is 0.250 e. The standard InChI is InChI=1S/C17H21NO2/c1-17(2,3)14-8-4-5-9-15(14)20-13-12-18-11-7-6-10-16(18)19/h4-11H,12-13H2,1-3H3. The van der Waals surface area contributed by atoms with Crippen LogP contribution in [0.15, 0.2) is 53.5 Å². The number of rotatable bonds is 4. The predicted molar refractivity (Wildman–Crippen MR) is 81.3 cm³/mol. The van der Waals surface area contributed by atoms with E-state index in [1.807, 2.05) is 24.3 Å². The van der Waals surface area contributed by atoms with Crippen LogP contribution in [0.2, 0.25) is 0 Å². The van der Waals surface area contributed by atoms with Gasteiger partial charge in [0.2, 0.25) is 0 Å². The van der Waals surface area contributed by atoms with Gasteiger partial charge in [-0.05, 0) is 23.1 Å². The van der Waals surface area contributed by atoms with Gasteiger partial charge in [0.15, 0.2) is 0 Å². The van der Waals surface area contributed by atoms with Gasteiger partial charge in [-0.1, -0.05) is 45.0 Å². The van der Waals surface area contributed by atoms with E-state index in [1.165, 1.54) is 5.56 Å². The average Bonchev–Trinajstić information content (AvgIpc) is 2.40. The Labute approximate surface area is 119 Å². The lowest BCUT2D eigenvalue weighted by atomic mass is 9.86. The minimum absolute atomic E-state index is 0.000191. The van der Waals surface area contributed by atoms with Crippen molar-refractivity contribution in [1.82, 2.24) is 4.57 Å². The maximum atomic E-state index is 11.6. The fourth-order valence-corrected chi connectivity index (χ4v) is 2.11. The van der Waals surface area contributed by atoms with E-state index in [0.717, 1.165) is 5.75 Å². The molecule has 0 atom stereocenters. The Kier molecular flexibility index (Phi) is 4.28. The van der Waals surface area contributed by atoms with Gasteiger partial charge in [-0.2, -0.15) is 0 Å². The van der Waals surface area contributed by atoms with Crippen LogP contribution in [-0.4, -0.2) is 11.2 Å². The highest BCUT2D eigenvalue weighted by atomic mass is 16.5. The molecular weight excluding hydrogens is 250 g/mol. The fraction of sp³-hybridized carbons (Fsp3) is 0.353. The van der Waals surface area contributed by atoms with Gasteiger partial charge in [-0.25, -0.2) is 0 Å². The summed E-state index contributed by atoms with van der Waals surface area (Å²) in [6.45, 7) is 7.53. The van der Waals surface area contributed by atoms with Crippen molar-refractivity contribution in [2.45, 2.75) is 32.7 Å². The van der Waals surface area contributed by atoms with Gasteiger partial charge in [-0.15, -0.1) is 0 Å². The molecule has 2 rings (SSSR count). The van der Waals surface area contributed by atoms with Crippen LogP contribution in [-0.2, 0) is 12.0 Å². The Morgan fingerprint density at radius 3 is 2.45 bits per heavy atom. The molecule has 2 aromatic rings. The minimum atomic E-state index is 0.000191. The first-order chi connectivity index (χ1) is 9.48. The third-order valence-corrected chi connectivity index (χ3v) is 3.18. The first-order valence-corrected chi connectivity index (χ1v) is 6.86. The van der Waals surface area contributed by atoms with Crippen LogP contribution in [0.25, 0.3) is 0 Å². The van der Waals surface area contributed by atoms with Gasteiger partial charge in [0, 0.05) is 12.3 Å². The molecule has 0 N–H and O–H groups in total. The van der Waals surface area contributed by atoms with Crippen LogP contribution < -0.4 is 10.3 Å². The maximum Gasteiger partial charge on any atom is 0.250 e. The van der Waals surface area contributed by atoms with Crippen molar-refractivity contribution in [1.29, 1.82) is 0 Å². The Bertz CT molecular complexity index is 623. The Morgan fingerprint density at radius 2 is 1.75 bits per heavy atom. The molecule has 0 bridgehead atoms. The van der Waals surface area contributed by atoms with E-state index in [1.54, 1.807) is 22.9 Å². The molecule has 106 valence electrons. The molecule has 1 heterocycles. The molecule has 0 amide bonds. The van der Waals surface area contributed by atoms with Gasteiger partial charge in [0.25, 0.3) is 5.56 Å². The molecule has 0 fully saturated rings. The maximum absolute atomic E-state index is 11.6. The third-order valence-electron chi connectivity index (χ3n) is 3.18. The molecule has 3 nitrogen and oxygen atoms in total. The zero-order valence-corrected chi connectivity index (χ0v) is 12.3. The summed E-state index contributed by atoms with van der Waals surface area (Å²) >= 11 is 0. The van der Waals surface area contributed by atoms with E-state index in [9.17, 15) is 4.79 Å². The van der Waals surface area contributed by atoms with E-state index < -0.39 is 0 Å². The van der Waals surface area contributed by atoms with E-state index in [0.29, 0.717) is 13.2 Å². The number of hydrogen-bond donors (Lipinski definition) is 0. The van der Waals surface area contributed by atoms with Gasteiger partial charge in [0.05, 0.1) is 6.54 Å². The number of benzene rings is 1. The van der Waals surface area contributed by atoms with Gasteiger partial charge in [0.1, 0.15) is 12.4 Å². The monoisotopic (exact) mass is 271 g/mol. The average molecular weight is 271 g/mol. The van der Waals surface area contributed by atoms with Crippen molar-refractivity contribution < 1.29 is 4.74 Å². The largest absolute Gasteiger partial charge is 0.491 e. The summed E-state index contributed by atoms with van der Waals surface area (Å²) in [5.74, 6) is 0.893. The van der Waals surface area contributed by atoms with Crippen molar-refractivity contribution in [3.05, 3.63) is 64.6 Å². The summed E-state index contributed by atoms with van der Waals surface area (Å²) in [6, 6.07) is 13.2. The molecule has 0 aliphatic rings. The van der Waals surface area contributed by atoms with Crippen LogP contribution in [0, 0.1) is 0 Å². The Hall–Kier alpha value is -2.03. The van der Waals surface area contributed by atoms with Crippen molar-refractivity contribution in [3.63, 3.8) is 0 Å². The number of para-hydroxylation sites is 1. The molecule has 1 aromatic carbocycles. The molecular formula is C17H21NO2. The molecule has 20 heavy (non-hydrogen) atoms. The molecule has 0 aliphatic heterocycles. The lowest BCUT2D eigenvalue weighted by Gasteiger charge is -2.22. The van der Waals surface area contributed by atoms with Crippen molar-refractivity contribution in [3.8, 4) is 5.75 Å². The van der Waals surface area contributed by atoms with E-state index in [2.05, 4.69) is 26.8 Å². The minimum Gasteiger partial charge on any atom is -0.491 e. The summed E-state index contributed by atoms with van der Waals surface area (Å²) in [5, 5.41) is 0. The van der Waals surface area contributed by atoms with Crippen LogP contribution in [0.4, 0.5) is 0 Å². The van der Waals surface area contributed by atoms with Crippen molar-refractivity contribution in [2.24, 2.45) is 0 Å². The topological polar surface area (TPSA) is 31.2 Å². The normalized spacial score (nSPS) is 11.3. The highest BCUT2D eigenvalue weighted by Crippen LogP contribution is 2.30. The summed E-state index contributed by atoms with van der Waals surface area (Å²) in [7, 11) is 0. The molecule has 0 aliphatic carbocycles. The van der Waals surface area contributed by atoms with E-state index >= 15 is 0 Å². The van der Waals surface area contributed by atoms with Crippen LogP contribution in [0.3, 0.4) is 0 Å². The molecule has 0 spiro atoms. The third kappa shape index (κ3) is 3.50. The predicted octanol–water partition coefficient (Wildman–Crippen LogP) is 3.22. The van der Waals surface area contributed by atoms with Gasteiger partial charge < -0.3 is 9.30 Å². The highest BCUT2D eigenvalue weighted by Gasteiger charge is 2.18. The number of ether oxygens (including phenoxy) is 1. The summed E-state index contributed by atoms with van der Waals surface area (Å²) in [6.07, 6.45) is 1.78. The molecule has 1 aromatic heterocycles. The molecule has 0 saturated heterocycles. The van der Waals surface area contributed by atoms with Crippen molar-refractivity contribution in [2.75, 3.05) is 6.61 Å². The lowest BCUT2D eigenvalue weighted by molar-refractivity contribution is 0.289. The summed E-state index contributed by atoms with van der Waals surface area (Å²) in [5.41, 5.74) is 1.22. The van der Waals surface area contributed by atoms with Crippen molar-refractivity contribution >= 4 is 0 Å². The van der Waals surface area contributed by atoms with E-state index in [4.69, 9.17) is 4.74 Å². The van der Waals surface area contributed by atoms with Crippen LogP contribution in [0.1, 0.15) is 26.3 Å². The number of pyridine rings is 1. The first-order valence-electron chi connectivity index (χ1n) is 6.86. The van der Waals surface area contributed by atoms with Gasteiger partial charge >= 0.3 is 0 Å². The second-order valence-corrected chi connectivity index (χ2v) is 5.83. The fourth-order valence-electron chi connectivity index (χ4n) is 2.11. The highest BCUT2D eigenvalue weighted by molar-refractivity contribution is 5.38. The molecule has 0 radical (unpaired) electrons. The summed E-state index contributed by atoms with van der Waals surface area (Å²) in [4.78, 5) is 11.6. The Balaban J connectivity index is 2.05. The molecule has 0 unspecified atom stereocenters. The molecule has 3 heteroatoms. The quantitative estimate of drug-likeness (QED) is 0.855. The number of aromatic nitrogens is 1. The van der Waals surface area contributed by atoms with Gasteiger partial charge in [-0.3, -0.25) is 4.79 Å². The van der Waals surface area contributed by atoms with Crippen LogP contribution in [0.5, 0.6) is 5.75 Å². The van der Waals surface area contributed by atoms with Crippen LogP contribution >= 0.6 is 0 Å². The first kappa shape index (κ1) is 14.4. The second-order valence-electron chi connectivity index (χ2n) is 5.83. The zero-order chi connectivity index (χ0) is 14.6. The number of hydrogen-bond acceptors (Lipinski definition) is 2. The molecule has 0 saturated carbocycles. The van der Waals surface area contributed by atoms with E-state index in [-0.39, 0.29) is 11.0 Å². The zero-order valence-electron chi connectivity index (χ0n) is 12.3. The second kappa shape index (κ2) is 5.95. The SMILES string of the molecule is CC(C)(C)c1ccccc1OCCn1ccccc1=O. The Morgan fingerprint density at radius 1 is 1.05 bits per heavy atom. The summed E-state index contributed by atoms with van der Waals surface area (Å²) < 4.78 is 7.52. The number of nitrogens with zero attached hydrogens (tertiary/aromatic N) is 1.